The van der Waals surface area contributed by atoms with Gasteiger partial charge in [-0.15, -0.1) is 0 Å². The molecule has 2 nitrogen and oxygen atoms in total. The minimum absolute atomic E-state index is 0.110. The molecule has 0 aromatic heterocycles. The van der Waals surface area contributed by atoms with E-state index in [-0.39, 0.29) is 12.6 Å². The van der Waals surface area contributed by atoms with Gasteiger partial charge in [-0.1, -0.05) is 6.07 Å². The van der Waals surface area contributed by atoms with Crippen LogP contribution in [-0.2, 0) is 6.42 Å². The lowest BCUT2D eigenvalue weighted by atomic mass is 10.0. The maximum Gasteiger partial charge on any atom is 0.255 e. The van der Waals surface area contributed by atoms with E-state index in [9.17, 15) is 8.78 Å². The van der Waals surface area contributed by atoms with Crippen molar-refractivity contribution in [2.75, 3.05) is 18.5 Å². The highest BCUT2D eigenvalue weighted by molar-refractivity contribution is 5.50. The van der Waals surface area contributed by atoms with Gasteiger partial charge in [-0.05, 0) is 43.5 Å². The highest BCUT2D eigenvalue weighted by Crippen LogP contribution is 2.19. The van der Waals surface area contributed by atoms with Crippen LogP contribution < -0.4 is 10.6 Å². The minimum Gasteiger partial charge on any atom is -0.369 e. The van der Waals surface area contributed by atoms with Crippen LogP contribution >= 0.6 is 0 Å². The Bertz CT molecular complexity index is 364. The van der Waals surface area contributed by atoms with E-state index < -0.39 is 6.43 Å². The molecule has 17 heavy (non-hydrogen) atoms. The summed E-state index contributed by atoms with van der Waals surface area (Å²) in [5.41, 5.74) is 8.84. The Morgan fingerprint density at radius 1 is 1.35 bits per heavy atom. The summed E-state index contributed by atoms with van der Waals surface area (Å²) in [6.45, 7) is 3.69. The maximum atomic E-state index is 12.3. The SMILES string of the molecule is Cc1cc(N(C)CC(F)F)ccc1CC(C)N. The van der Waals surface area contributed by atoms with Gasteiger partial charge in [-0.25, -0.2) is 8.78 Å². The van der Waals surface area contributed by atoms with E-state index in [4.69, 9.17) is 5.73 Å². The van der Waals surface area contributed by atoms with E-state index in [0.29, 0.717) is 0 Å². The molecule has 0 spiro atoms. The third-order valence-corrected chi connectivity index (χ3v) is 2.72. The zero-order chi connectivity index (χ0) is 13.0. The lowest BCUT2D eigenvalue weighted by molar-refractivity contribution is 0.156. The molecular formula is C13H20F2N2. The van der Waals surface area contributed by atoms with Crippen molar-refractivity contribution < 1.29 is 8.78 Å². The fourth-order valence-electron chi connectivity index (χ4n) is 1.81. The van der Waals surface area contributed by atoms with Crippen molar-refractivity contribution in [3.63, 3.8) is 0 Å². The largest absolute Gasteiger partial charge is 0.369 e. The molecule has 0 aliphatic carbocycles. The first kappa shape index (κ1) is 13.9. The van der Waals surface area contributed by atoms with Gasteiger partial charge in [-0.3, -0.25) is 0 Å². The number of hydrogen-bond acceptors (Lipinski definition) is 2. The first-order valence-electron chi connectivity index (χ1n) is 5.74. The topological polar surface area (TPSA) is 29.3 Å². The molecule has 0 bridgehead atoms. The van der Waals surface area contributed by atoms with E-state index >= 15 is 0 Å². The summed E-state index contributed by atoms with van der Waals surface area (Å²) in [5.74, 6) is 0. The Morgan fingerprint density at radius 3 is 2.47 bits per heavy atom. The third-order valence-electron chi connectivity index (χ3n) is 2.72. The fourth-order valence-corrected chi connectivity index (χ4v) is 1.81. The van der Waals surface area contributed by atoms with Crippen molar-refractivity contribution in [1.82, 2.24) is 0 Å². The molecule has 0 aliphatic rings. The third kappa shape index (κ3) is 4.30. The molecule has 1 rings (SSSR count). The first-order chi connectivity index (χ1) is 7.90. The molecule has 0 saturated carbocycles. The second-order valence-corrected chi connectivity index (χ2v) is 4.56. The lowest BCUT2D eigenvalue weighted by Crippen LogP contribution is -2.24. The molecule has 0 aliphatic heterocycles. The van der Waals surface area contributed by atoms with Crippen LogP contribution in [0.3, 0.4) is 0 Å². The number of aryl methyl sites for hydroxylation is 1. The lowest BCUT2D eigenvalue weighted by Gasteiger charge is -2.20. The molecule has 2 N–H and O–H groups in total. The number of rotatable bonds is 5. The van der Waals surface area contributed by atoms with E-state index in [0.717, 1.165) is 17.7 Å². The van der Waals surface area contributed by atoms with Gasteiger partial charge in [0, 0.05) is 18.8 Å². The van der Waals surface area contributed by atoms with Crippen LogP contribution in [-0.4, -0.2) is 26.1 Å². The monoisotopic (exact) mass is 242 g/mol. The smallest absolute Gasteiger partial charge is 0.255 e. The molecule has 4 heteroatoms. The van der Waals surface area contributed by atoms with Gasteiger partial charge in [-0.2, -0.15) is 0 Å². The van der Waals surface area contributed by atoms with Crippen LogP contribution in [0.4, 0.5) is 14.5 Å². The van der Waals surface area contributed by atoms with Gasteiger partial charge in [0.05, 0.1) is 6.54 Å². The van der Waals surface area contributed by atoms with Crippen molar-refractivity contribution in [2.24, 2.45) is 5.73 Å². The molecule has 0 radical (unpaired) electrons. The Labute approximate surface area is 101 Å². The normalized spacial score (nSPS) is 12.9. The predicted octanol–water partition coefficient (Wildman–Crippen LogP) is 2.59. The quantitative estimate of drug-likeness (QED) is 0.860. The van der Waals surface area contributed by atoms with Crippen molar-refractivity contribution in [3.8, 4) is 0 Å². The van der Waals surface area contributed by atoms with Crippen LogP contribution in [0.25, 0.3) is 0 Å². The maximum absolute atomic E-state index is 12.3. The summed E-state index contributed by atoms with van der Waals surface area (Å²) in [6.07, 6.45) is -1.51. The second-order valence-electron chi connectivity index (χ2n) is 4.56. The standard InChI is InChI=1S/C13H20F2N2/c1-9-6-12(17(3)8-13(14)15)5-4-11(9)7-10(2)16/h4-6,10,13H,7-8,16H2,1-3H3. The van der Waals surface area contributed by atoms with E-state index in [1.807, 2.05) is 32.0 Å². The Balaban J connectivity index is 2.81. The zero-order valence-electron chi connectivity index (χ0n) is 10.6. The molecule has 1 aromatic rings. The summed E-state index contributed by atoms with van der Waals surface area (Å²) < 4.78 is 24.5. The molecule has 1 aromatic carbocycles. The van der Waals surface area contributed by atoms with Crippen LogP contribution in [0.15, 0.2) is 18.2 Å². The second kappa shape index (κ2) is 5.96. The Hall–Kier alpha value is -1.16. The Kier molecular flexibility index (Phi) is 4.87. The predicted molar refractivity (Wildman–Crippen MR) is 67.8 cm³/mol. The number of hydrogen-bond donors (Lipinski definition) is 1. The number of anilines is 1. The van der Waals surface area contributed by atoms with Crippen LogP contribution in [0.1, 0.15) is 18.1 Å². The summed E-state index contributed by atoms with van der Waals surface area (Å²) in [4.78, 5) is 1.56. The van der Waals surface area contributed by atoms with Crippen LogP contribution in [0.2, 0.25) is 0 Å². The van der Waals surface area contributed by atoms with E-state index in [2.05, 4.69) is 0 Å². The summed E-state index contributed by atoms with van der Waals surface area (Å²) >= 11 is 0. The summed E-state index contributed by atoms with van der Waals surface area (Å²) in [7, 11) is 1.67. The molecule has 0 saturated heterocycles. The summed E-state index contributed by atoms with van der Waals surface area (Å²) in [6, 6.07) is 5.88. The molecule has 1 atom stereocenters. The molecule has 1 unspecified atom stereocenters. The zero-order valence-corrected chi connectivity index (χ0v) is 10.6. The first-order valence-corrected chi connectivity index (χ1v) is 5.74. The molecule has 0 heterocycles. The van der Waals surface area contributed by atoms with Gasteiger partial charge in [0.2, 0.25) is 0 Å². The average Bonchev–Trinajstić information content (AvgIpc) is 2.19. The van der Waals surface area contributed by atoms with Gasteiger partial charge in [0.15, 0.2) is 0 Å². The highest BCUT2D eigenvalue weighted by atomic mass is 19.3. The Morgan fingerprint density at radius 2 is 2.00 bits per heavy atom. The van der Waals surface area contributed by atoms with Crippen molar-refractivity contribution in [3.05, 3.63) is 29.3 Å². The minimum atomic E-state index is -2.32. The molecular weight excluding hydrogens is 222 g/mol. The molecule has 96 valence electrons. The number of halogens is 2. The van der Waals surface area contributed by atoms with E-state index in [1.165, 1.54) is 5.56 Å². The van der Waals surface area contributed by atoms with Crippen molar-refractivity contribution >= 4 is 5.69 Å². The highest BCUT2D eigenvalue weighted by Gasteiger charge is 2.10. The van der Waals surface area contributed by atoms with Gasteiger partial charge >= 0.3 is 0 Å². The number of nitrogens with two attached hydrogens (primary N) is 1. The van der Waals surface area contributed by atoms with Gasteiger partial charge in [0.1, 0.15) is 0 Å². The van der Waals surface area contributed by atoms with Crippen LogP contribution in [0, 0.1) is 6.92 Å². The number of benzene rings is 1. The molecule has 0 amide bonds. The number of alkyl halides is 2. The number of nitrogens with zero attached hydrogens (tertiary/aromatic N) is 1. The van der Waals surface area contributed by atoms with Crippen LogP contribution in [0.5, 0.6) is 0 Å². The van der Waals surface area contributed by atoms with E-state index in [1.54, 1.807) is 11.9 Å². The fraction of sp³-hybridized carbons (Fsp3) is 0.538. The molecule has 0 fully saturated rings. The van der Waals surface area contributed by atoms with Gasteiger partial charge < -0.3 is 10.6 Å². The average molecular weight is 242 g/mol. The van der Waals surface area contributed by atoms with Crippen molar-refractivity contribution in [1.29, 1.82) is 0 Å². The van der Waals surface area contributed by atoms with Gasteiger partial charge in [0.25, 0.3) is 6.43 Å². The summed E-state index contributed by atoms with van der Waals surface area (Å²) in [5, 5.41) is 0. The van der Waals surface area contributed by atoms with Crippen molar-refractivity contribution in [2.45, 2.75) is 32.7 Å².